The third-order valence-corrected chi connectivity index (χ3v) is 4.84. The lowest BCUT2D eigenvalue weighted by Crippen LogP contribution is -2.56. The molecule has 1 aromatic rings. The monoisotopic (exact) mass is 422 g/mol. The second kappa shape index (κ2) is 8.10. The average molecular weight is 422 g/mol. The highest BCUT2D eigenvalue weighted by atomic mass is 19.1. The number of hydrogen-bond acceptors (Lipinski definition) is 6. The smallest absolute Gasteiger partial charge is 0.317 e. The molecule has 1 N–H and O–H groups in total. The molecular formula is C23H31FO6. The highest BCUT2D eigenvalue weighted by molar-refractivity contribution is 6.03. The molecule has 6 nitrogen and oxygen atoms in total. The van der Waals surface area contributed by atoms with Crippen LogP contribution in [-0.2, 0) is 23.9 Å². The van der Waals surface area contributed by atoms with Crippen LogP contribution in [0.5, 0.6) is 0 Å². The van der Waals surface area contributed by atoms with E-state index < -0.39 is 64.5 Å². The van der Waals surface area contributed by atoms with Crippen LogP contribution >= 0.6 is 0 Å². The quantitative estimate of drug-likeness (QED) is 0.592. The van der Waals surface area contributed by atoms with E-state index in [-0.39, 0.29) is 0 Å². The van der Waals surface area contributed by atoms with E-state index in [0.29, 0.717) is 5.56 Å². The summed E-state index contributed by atoms with van der Waals surface area (Å²) in [6.45, 7) is 11.5. The number of benzene rings is 1. The van der Waals surface area contributed by atoms with Crippen LogP contribution in [0.4, 0.5) is 4.39 Å². The SMILES string of the molecule is CC(C)(C)OC(=O)[C@H]1C(=O)C[C@@](C)(O)[C@H](C(=O)OC(C)(C)C)[C@@H]1c1ccc(F)cc1. The first-order chi connectivity index (χ1) is 13.5. The number of Topliss-reactive ketones (excluding diaryl/α,β-unsaturated/α-hetero) is 1. The summed E-state index contributed by atoms with van der Waals surface area (Å²) >= 11 is 0. The lowest BCUT2D eigenvalue weighted by atomic mass is 9.61. The van der Waals surface area contributed by atoms with E-state index in [1.165, 1.54) is 31.2 Å². The minimum absolute atomic E-state index is 0.372. The van der Waals surface area contributed by atoms with Crippen LogP contribution in [0.25, 0.3) is 0 Å². The first-order valence-corrected chi connectivity index (χ1v) is 9.98. The predicted octanol–water partition coefficient (Wildman–Crippen LogP) is 3.55. The Morgan fingerprint density at radius 2 is 1.47 bits per heavy atom. The molecule has 2 rings (SSSR count). The predicted molar refractivity (Wildman–Crippen MR) is 108 cm³/mol. The summed E-state index contributed by atoms with van der Waals surface area (Å²) < 4.78 is 24.5. The second-order valence-corrected chi connectivity index (χ2v) is 10.1. The molecule has 0 spiro atoms. The zero-order chi connectivity index (χ0) is 23.1. The van der Waals surface area contributed by atoms with E-state index in [1.807, 2.05) is 0 Å². The third-order valence-electron chi connectivity index (χ3n) is 4.84. The van der Waals surface area contributed by atoms with Gasteiger partial charge in [-0.05, 0) is 66.2 Å². The highest BCUT2D eigenvalue weighted by Gasteiger charge is 2.57. The van der Waals surface area contributed by atoms with Crippen molar-refractivity contribution in [2.24, 2.45) is 11.8 Å². The number of carbonyl (C=O) groups excluding carboxylic acids is 3. The number of ether oxygens (including phenoxy) is 2. The van der Waals surface area contributed by atoms with Crippen LogP contribution in [0, 0.1) is 17.7 Å². The molecule has 0 aliphatic heterocycles. The van der Waals surface area contributed by atoms with Crippen molar-refractivity contribution >= 4 is 17.7 Å². The van der Waals surface area contributed by atoms with E-state index in [0.717, 1.165) is 0 Å². The molecule has 0 heterocycles. The van der Waals surface area contributed by atoms with Crippen LogP contribution in [0.3, 0.4) is 0 Å². The number of hydrogen-bond donors (Lipinski definition) is 1. The number of carbonyl (C=O) groups is 3. The van der Waals surface area contributed by atoms with Crippen LogP contribution in [0.1, 0.15) is 66.4 Å². The van der Waals surface area contributed by atoms with Gasteiger partial charge in [-0.2, -0.15) is 0 Å². The zero-order valence-electron chi connectivity index (χ0n) is 18.6. The average Bonchev–Trinajstić information content (AvgIpc) is 2.50. The molecule has 7 heteroatoms. The fraction of sp³-hybridized carbons (Fsp3) is 0.609. The van der Waals surface area contributed by atoms with Gasteiger partial charge >= 0.3 is 11.9 Å². The third kappa shape index (κ3) is 5.65. The molecule has 1 saturated carbocycles. The van der Waals surface area contributed by atoms with Gasteiger partial charge in [0.2, 0.25) is 0 Å². The maximum atomic E-state index is 13.5. The van der Waals surface area contributed by atoms with Gasteiger partial charge in [-0.3, -0.25) is 14.4 Å². The van der Waals surface area contributed by atoms with Crippen LogP contribution in [-0.4, -0.2) is 39.6 Å². The molecule has 0 saturated heterocycles. The Balaban J connectivity index is 2.62. The van der Waals surface area contributed by atoms with Crippen molar-refractivity contribution in [2.45, 2.75) is 77.6 Å². The van der Waals surface area contributed by atoms with Crippen molar-refractivity contribution in [3.63, 3.8) is 0 Å². The van der Waals surface area contributed by atoms with Gasteiger partial charge in [-0.1, -0.05) is 12.1 Å². The Morgan fingerprint density at radius 3 is 1.93 bits per heavy atom. The van der Waals surface area contributed by atoms with Crippen molar-refractivity contribution in [1.29, 1.82) is 0 Å². The Kier molecular flexibility index (Phi) is 6.48. The fourth-order valence-electron chi connectivity index (χ4n) is 3.83. The van der Waals surface area contributed by atoms with E-state index in [4.69, 9.17) is 9.47 Å². The van der Waals surface area contributed by atoms with Crippen LogP contribution in [0.15, 0.2) is 24.3 Å². The molecule has 0 unspecified atom stereocenters. The second-order valence-electron chi connectivity index (χ2n) is 10.1. The maximum Gasteiger partial charge on any atom is 0.317 e. The molecular weight excluding hydrogens is 391 g/mol. The Morgan fingerprint density at radius 1 is 1.00 bits per heavy atom. The van der Waals surface area contributed by atoms with Crippen molar-refractivity contribution in [2.75, 3.05) is 0 Å². The summed E-state index contributed by atoms with van der Waals surface area (Å²) in [6, 6.07) is 5.18. The lowest BCUT2D eigenvalue weighted by Gasteiger charge is -2.44. The van der Waals surface area contributed by atoms with Crippen LogP contribution < -0.4 is 0 Å². The molecule has 1 aliphatic carbocycles. The van der Waals surface area contributed by atoms with Gasteiger partial charge in [-0.15, -0.1) is 0 Å². The fourth-order valence-corrected chi connectivity index (χ4v) is 3.83. The van der Waals surface area contributed by atoms with Gasteiger partial charge in [0, 0.05) is 12.3 Å². The summed E-state index contributed by atoms with van der Waals surface area (Å²) in [4.78, 5) is 39.1. The van der Waals surface area contributed by atoms with Crippen molar-refractivity contribution < 1.29 is 33.4 Å². The number of aliphatic hydroxyl groups is 1. The molecule has 166 valence electrons. The highest BCUT2D eigenvalue weighted by Crippen LogP contribution is 2.47. The molecule has 30 heavy (non-hydrogen) atoms. The number of esters is 2. The van der Waals surface area contributed by atoms with E-state index >= 15 is 0 Å². The Bertz CT molecular complexity index is 814. The lowest BCUT2D eigenvalue weighted by molar-refractivity contribution is -0.182. The largest absolute Gasteiger partial charge is 0.460 e. The molecule has 0 bridgehead atoms. The zero-order valence-corrected chi connectivity index (χ0v) is 18.6. The van der Waals surface area contributed by atoms with Gasteiger partial charge in [0.1, 0.15) is 22.9 Å². The first kappa shape index (κ1) is 24.0. The number of rotatable bonds is 3. The topological polar surface area (TPSA) is 89.9 Å². The minimum Gasteiger partial charge on any atom is -0.460 e. The number of halogens is 1. The van der Waals surface area contributed by atoms with Crippen molar-refractivity contribution in [1.82, 2.24) is 0 Å². The van der Waals surface area contributed by atoms with Crippen LogP contribution in [0.2, 0.25) is 0 Å². The van der Waals surface area contributed by atoms with Gasteiger partial charge in [-0.25, -0.2) is 4.39 Å². The van der Waals surface area contributed by atoms with Gasteiger partial charge in [0.15, 0.2) is 5.78 Å². The standard InChI is InChI=1S/C23H31FO6/c1-21(2,3)29-19(26)17-15(25)12-23(7,28)18(20(27)30-22(4,5)6)16(17)13-8-10-14(24)11-9-13/h8-11,16-18,28H,12H2,1-7H3/t16-,17+,18+,23-/m1/s1. The number of ketones is 1. The van der Waals surface area contributed by atoms with Gasteiger partial charge < -0.3 is 14.6 Å². The van der Waals surface area contributed by atoms with Crippen molar-refractivity contribution in [3.05, 3.63) is 35.6 Å². The summed E-state index contributed by atoms with van der Waals surface area (Å²) in [7, 11) is 0. The van der Waals surface area contributed by atoms with E-state index in [2.05, 4.69) is 0 Å². The molecule has 4 atom stereocenters. The summed E-state index contributed by atoms with van der Waals surface area (Å²) in [5, 5.41) is 11.0. The van der Waals surface area contributed by atoms with E-state index in [1.54, 1.807) is 41.5 Å². The van der Waals surface area contributed by atoms with E-state index in [9.17, 15) is 23.9 Å². The van der Waals surface area contributed by atoms with Gasteiger partial charge in [0.25, 0.3) is 0 Å². The molecule has 1 fully saturated rings. The van der Waals surface area contributed by atoms with Gasteiger partial charge in [0.05, 0.1) is 11.5 Å². The Hall–Kier alpha value is -2.28. The summed E-state index contributed by atoms with van der Waals surface area (Å²) in [5.74, 6) is -6.18. The molecule has 0 radical (unpaired) electrons. The maximum absolute atomic E-state index is 13.5. The first-order valence-electron chi connectivity index (χ1n) is 9.98. The van der Waals surface area contributed by atoms with Crippen molar-refractivity contribution in [3.8, 4) is 0 Å². The summed E-state index contributed by atoms with van der Waals surface area (Å²) in [6.07, 6.45) is -0.404. The molecule has 1 aliphatic rings. The normalized spacial score (nSPS) is 27.5. The Labute approximate surface area is 176 Å². The molecule has 1 aromatic carbocycles. The minimum atomic E-state index is -1.75. The summed E-state index contributed by atoms with van der Waals surface area (Å²) in [5.41, 5.74) is -3.08. The molecule has 0 amide bonds. The molecule has 0 aromatic heterocycles.